The Labute approximate surface area is 198 Å². The molecule has 0 amide bonds. The highest BCUT2D eigenvalue weighted by atomic mass is 16.3. The number of hydrogen-bond donors (Lipinski definition) is 1. The van der Waals surface area contributed by atoms with Crippen molar-refractivity contribution in [2.75, 3.05) is 0 Å². The number of furan rings is 1. The van der Waals surface area contributed by atoms with Crippen LogP contribution in [0.3, 0.4) is 0 Å². The summed E-state index contributed by atoms with van der Waals surface area (Å²) in [6, 6.07) is 5.03. The van der Waals surface area contributed by atoms with Crippen molar-refractivity contribution < 1.29 is 28.7 Å². The number of Topliss-reactive ketones (excluding diaryl/α,β-unsaturated/α-hetero) is 4. The number of allylic oxidation sites excluding steroid dienone is 2. The molecule has 0 spiro atoms. The van der Waals surface area contributed by atoms with Crippen molar-refractivity contribution in [1.82, 2.24) is 0 Å². The number of phenols is 1. The molecule has 1 heterocycles. The molecule has 1 saturated carbocycles. The van der Waals surface area contributed by atoms with Crippen LogP contribution >= 0.6 is 0 Å². The highest BCUT2D eigenvalue weighted by Gasteiger charge is 2.69. The average molecular weight is 461 g/mol. The summed E-state index contributed by atoms with van der Waals surface area (Å²) in [5.41, 5.74) is 0.250. The quantitative estimate of drug-likeness (QED) is 0.506. The fourth-order valence-corrected chi connectivity index (χ4v) is 7.21. The van der Waals surface area contributed by atoms with E-state index in [9.17, 15) is 24.3 Å². The van der Waals surface area contributed by atoms with Gasteiger partial charge in [0.05, 0.1) is 35.0 Å². The molecular formula is C28H28O6. The van der Waals surface area contributed by atoms with E-state index >= 15 is 0 Å². The van der Waals surface area contributed by atoms with Crippen molar-refractivity contribution in [3.63, 3.8) is 0 Å². The highest BCUT2D eigenvalue weighted by Crippen LogP contribution is 2.65. The number of fused-ring (bicyclic) bond motifs is 3. The SMILES string of the molecule is CC(=O)C1=C(C)C[C@]2(C)C[C@]3(C)Cc4c(-c5ccoc5)ccc(O)c4C(=O)C3C(=O)[C@]2(C)C1=O. The zero-order chi connectivity index (χ0) is 24.8. The maximum atomic E-state index is 14.2. The molecule has 5 rings (SSSR count). The molecule has 0 radical (unpaired) electrons. The van der Waals surface area contributed by atoms with Crippen molar-refractivity contribution in [1.29, 1.82) is 0 Å². The molecule has 3 aliphatic carbocycles. The molecule has 6 nitrogen and oxygen atoms in total. The summed E-state index contributed by atoms with van der Waals surface area (Å²) < 4.78 is 5.25. The van der Waals surface area contributed by atoms with Crippen molar-refractivity contribution >= 4 is 23.1 Å². The molecule has 0 saturated heterocycles. The van der Waals surface area contributed by atoms with Crippen LogP contribution in [0.1, 0.15) is 63.4 Å². The fourth-order valence-electron chi connectivity index (χ4n) is 7.21. The molecule has 1 N–H and O–H groups in total. The van der Waals surface area contributed by atoms with Gasteiger partial charge in [-0.3, -0.25) is 19.2 Å². The van der Waals surface area contributed by atoms with Crippen LogP contribution in [0.4, 0.5) is 0 Å². The van der Waals surface area contributed by atoms with Crippen LogP contribution in [0.2, 0.25) is 0 Å². The molecule has 34 heavy (non-hydrogen) atoms. The second-order valence-electron chi connectivity index (χ2n) is 11.1. The lowest BCUT2D eigenvalue weighted by atomic mass is 9.40. The fraction of sp³-hybridized carbons (Fsp3) is 0.429. The van der Waals surface area contributed by atoms with Gasteiger partial charge in [-0.2, -0.15) is 0 Å². The van der Waals surface area contributed by atoms with Crippen LogP contribution in [-0.2, 0) is 20.8 Å². The standard InChI is InChI=1S/C28H28O6/c1-14-10-27(4)13-26(3)11-18-17(16-8-9-34-12-16)6-7-19(30)21(18)23(31)22(26)25(33)28(27,5)24(32)20(14)15(2)29/h6-9,12,22,30H,10-11,13H2,1-5H3/t22?,26-,27+,28-/m0/s1. The van der Waals surface area contributed by atoms with E-state index in [0.29, 0.717) is 30.4 Å². The van der Waals surface area contributed by atoms with Gasteiger partial charge in [0.25, 0.3) is 0 Å². The first-order valence-electron chi connectivity index (χ1n) is 11.6. The normalized spacial score (nSPS) is 32.9. The number of hydrogen-bond acceptors (Lipinski definition) is 6. The third-order valence-electron chi connectivity index (χ3n) is 8.78. The smallest absolute Gasteiger partial charge is 0.180 e. The van der Waals surface area contributed by atoms with E-state index in [4.69, 9.17) is 4.42 Å². The third-order valence-corrected chi connectivity index (χ3v) is 8.78. The molecule has 0 bridgehead atoms. The maximum absolute atomic E-state index is 14.2. The lowest BCUT2D eigenvalue weighted by molar-refractivity contribution is -0.163. The van der Waals surface area contributed by atoms with Crippen LogP contribution in [0.5, 0.6) is 5.75 Å². The minimum Gasteiger partial charge on any atom is -0.507 e. The molecule has 4 atom stereocenters. The van der Waals surface area contributed by atoms with Crippen LogP contribution < -0.4 is 0 Å². The van der Waals surface area contributed by atoms with Gasteiger partial charge in [-0.15, -0.1) is 0 Å². The van der Waals surface area contributed by atoms with Gasteiger partial charge in [-0.25, -0.2) is 0 Å². The van der Waals surface area contributed by atoms with Crippen LogP contribution in [0, 0.1) is 22.2 Å². The van der Waals surface area contributed by atoms with E-state index < -0.39 is 39.5 Å². The van der Waals surface area contributed by atoms with Gasteiger partial charge >= 0.3 is 0 Å². The Bertz CT molecular complexity index is 1330. The predicted molar refractivity (Wildman–Crippen MR) is 124 cm³/mol. The first kappa shape index (κ1) is 22.5. The number of phenolic OH excluding ortho intramolecular Hbond substituents is 1. The lowest BCUT2D eigenvalue weighted by Gasteiger charge is -2.59. The molecule has 1 aromatic heterocycles. The van der Waals surface area contributed by atoms with Crippen molar-refractivity contribution in [3.8, 4) is 16.9 Å². The second kappa shape index (κ2) is 6.87. The largest absolute Gasteiger partial charge is 0.507 e. The highest BCUT2D eigenvalue weighted by molar-refractivity contribution is 6.31. The minimum absolute atomic E-state index is 0.0886. The van der Waals surface area contributed by atoms with Crippen molar-refractivity contribution in [2.45, 2.75) is 53.9 Å². The monoisotopic (exact) mass is 460 g/mol. The Morgan fingerprint density at radius 2 is 1.79 bits per heavy atom. The van der Waals surface area contributed by atoms with E-state index in [1.165, 1.54) is 13.0 Å². The molecule has 1 fully saturated rings. The van der Waals surface area contributed by atoms with Crippen LogP contribution in [0.15, 0.2) is 46.3 Å². The van der Waals surface area contributed by atoms with Gasteiger partial charge in [0.15, 0.2) is 23.1 Å². The van der Waals surface area contributed by atoms with E-state index in [-0.39, 0.29) is 22.7 Å². The lowest BCUT2D eigenvalue weighted by Crippen LogP contribution is -2.65. The van der Waals surface area contributed by atoms with Gasteiger partial charge in [0.1, 0.15) is 5.75 Å². The molecule has 3 aliphatic rings. The van der Waals surface area contributed by atoms with Gasteiger partial charge in [-0.1, -0.05) is 25.5 Å². The van der Waals surface area contributed by atoms with E-state index in [2.05, 4.69) is 0 Å². The third kappa shape index (κ3) is 2.62. The summed E-state index contributed by atoms with van der Waals surface area (Å²) in [6.07, 6.45) is 4.45. The van der Waals surface area contributed by atoms with Gasteiger partial charge in [0.2, 0.25) is 0 Å². The van der Waals surface area contributed by atoms with Gasteiger partial charge < -0.3 is 9.52 Å². The average Bonchev–Trinajstić information content (AvgIpc) is 3.24. The number of benzene rings is 1. The van der Waals surface area contributed by atoms with E-state index in [1.807, 2.05) is 13.8 Å². The molecule has 6 heteroatoms. The summed E-state index contributed by atoms with van der Waals surface area (Å²) in [6.45, 7) is 8.61. The number of carbonyl (C=O) groups is 4. The van der Waals surface area contributed by atoms with Crippen LogP contribution in [-0.4, -0.2) is 28.2 Å². The Morgan fingerprint density at radius 3 is 2.41 bits per heavy atom. The summed E-state index contributed by atoms with van der Waals surface area (Å²) >= 11 is 0. The van der Waals surface area contributed by atoms with Crippen molar-refractivity contribution in [2.24, 2.45) is 22.2 Å². The summed E-state index contributed by atoms with van der Waals surface area (Å²) in [5, 5.41) is 10.7. The zero-order valence-corrected chi connectivity index (χ0v) is 20.1. The van der Waals surface area contributed by atoms with Gasteiger partial charge in [0, 0.05) is 5.56 Å². The van der Waals surface area contributed by atoms with Crippen LogP contribution in [0.25, 0.3) is 11.1 Å². The molecule has 0 aliphatic heterocycles. The summed E-state index contributed by atoms with van der Waals surface area (Å²) in [4.78, 5) is 54.1. The second-order valence-corrected chi connectivity index (χ2v) is 11.1. The Balaban J connectivity index is 1.72. The molecule has 176 valence electrons. The summed E-state index contributed by atoms with van der Waals surface area (Å²) in [5.74, 6) is -2.97. The molecule has 1 unspecified atom stereocenters. The topological polar surface area (TPSA) is 102 Å². The van der Waals surface area contributed by atoms with Crippen molar-refractivity contribution in [3.05, 3.63) is 53.0 Å². The Morgan fingerprint density at radius 1 is 1.09 bits per heavy atom. The number of rotatable bonds is 2. The summed E-state index contributed by atoms with van der Waals surface area (Å²) in [7, 11) is 0. The molecular weight excluding hydrogens is 432 g/mol. The first-order valence-corrected chi connectivity index (χ1v) is 11.6. The Kier molecular flexibility index (Phi) is 4.55. The number of ketones is 4. The maximum Gasteiger partial charge on any atom is 0.180 e. The minimum atomic E-state index is -1.48. The zero-order valence-electron chi connectivity index (χ0n) is 20.1. The van der Waals surface area contributed by atoms with E-state index in [0.717, 1.165) is 11.1 Å². The Hall–Kier alpha value is -3.28. The number of aromatic hydroxyl groups is 1. The van der Waals surface area contributed by atoms with E-state index in [1.54, 1.807) is 38.5 Å². The number of carbonyl (C=O) groups excluding carboxylic acids is 4. The van der Waals surface area contributed by atoms with Gasteiger partial charge in [-0.05, 0) is 74.1 Å². The predicted octanol–water partition coefficient (Wildman–Crippen LogP) is 4.88. The first-order chi connectivity index (χ1) is 15.9. The molecule has 2 aromatic rings. The molecule has 1 aromatic carbocycles.